The van der Waals surface area contributed by atoms with Crippen LogP contribution in [0.25, 0.3) is 0 Å². The van der Waals surface area contributed by atoms with E-state index in [0.717, 1.165) is 5.69 Å². The number of nitriles is 1. The van der Waals surface area contributed by atoms with E-state index < -0.39 is 5.54 Å². The SMILES string of the molecule is CC(C)C(C#N)(Nc1ccc(Cl)cc1)C(C)C. The van der Waals surface area contributed by atoms with E-state index in [1.54, 1.807) is 0 Å². The fourth-order valence-electron chi connectivity index (χ4n) is 2.01. The molecular formula is C14H19ClN2. The van der Waals surface area contributed by atoms with E-state index in [4.69, 9.17) is 11.6 Å². The van der Waals surface area contributed by atoms with Gasteiger partial charge in [0.1, 0.15) is 5.54 Å². The lowest BCUT2D eigenvalue weighted by Gasteiger charge is -2.36. The van der Waals surface area contributed by atoms with Gasteiger partial charge >= 0.3 is 0 Å². The highest BCUT2D eigenvalue weighted by Gasteiger charge is 2.37. The number of rotatable bonds is 4. The maximum Gasteiger partial charge on any atom is 0.130 e. The first-order chi connectivity index (χ1) is 7.92. The van der Waals surface area contributed by atoms with Crippen LogP contribution in [0.2, 0.25) is 5.02 Å². The number of hydrogen-bond donors (Lipinski definition) is 1. The summed E-state index contributed by atoms with van der Waals surface area (Å²) in [4.78, 5) is 0. The molecule has 0 saturated heterocycles. The normalized spacial score (nSPS) is 11.6. The van der Waals surface area contributed by atoms with Crippen LogP contribution in [0.1, 0.15) is 27.7 Å². The molecule has 1 N–H and O–H groups in total. The van der Waals surface area contributed by atoms with Crippen LogP contribution < -0.4 is 5.32 Å². The van der Waals surface area contributed by atoms with Gasteiger partial charge in [-0.25, -0.2) is 0 Å². The molecule has 1 aromatic rings. The Balaban J connectivity index is 3.03. The molecule has 1 aromatic carbocycles. The third-order valence-corrected chi connectivity index (χ3v) is 3.45. The smallest absolute Gasteiger partial charge is 0.130 e. The fraction of sp³-hybridized carbons (Fsp3) is 0.500. The number of benzene rings is 1. The van der Waals surface area contributed by atoms with Gasteiger partial charge < -0.3 is 5.32 Å². The van der Waals surface area contributed by atoms with E-state index in [-0.39, 0.29) is 11.8 Å². The molecule has 0 aromatic heterocycles. The highest BCUT2D eigenvalue weighted by Crippen LogP contribution is 2.30. The lowest BCUT2D eigenvalue weighted by molar-refractivity contribution is 0.327. The number of nitrogens with one attached hydrogen (secondary N) is 1. The molecule has 0 aliphatic carbocycles. The topological polar surface area (TPSA) is 35.8 Å². The molecular weight excluding hydrogens is 232 g/mol. The molecule has 92 valence electrons. The summed E-state index contributed by atoms with van der Waals surface area (Å²) in [5, 5.41) is 13.5. The molecule has 1 rings (SSSR count). The average molecular weight is 251 g/mol. The zero-order valence-electron chi connectivity index (χ0n) is 10.8. The van der Waals surface area contributed by atoms with Crippen molar-refractivity contribution in [2.75, 3.05) is 5.32 Å². The molecule has 0 fully saturated rings. The predicted molar refractivity (Wildman–Crippen MR) is 73.1 cm³/mol. The van der Waals surface area contributed by atoms with Crippen molar-refractivity contribution in [3.63, 3.8) is 0 Å². The lowest BCUT2D eigenvalue weighted by atomic mass is 9.78. The van der Waals surface area contributed by atoms with Gasteiger partial charge in [-0.2, -0.15) is 5.26 Å². The second-order valence-corrected chi connectivity index (χ2v) is 5.36. The molecule has 0 radical (unpaired) electrons. The molecule has 0 spiro atoms. The molecule has 0 aliphatic heterocycles. The first-order valence-electron chi connectivity index (χ1n) is 5.87. The fourth-order valence-corrected chi connectivity index (χ4v) is 2.14. The van der Waals surface area contributed by atoms with Crippen molar-refractivity contribution in [2.24, 2.45) is 11.8 Å². The van der Waals surface area contributed by atoms with Crippen molar-refractivity contribution >= 4 is 17.3 Å². The summed E-state index contributed by atoms with van der Waals surface area (Å²) in [6.07, 6.45) is 0. The van der Waals surface area contributed by atoms with Gasteiger partial charge in [0.05, 0.1) is 6.07 Å². The summed E-state index contributed by atoms with van der Waals surface area (Å²) in [5.41, 5.74) is 0.381. The van der Waals surface area contributed by atoms with Crippen molar-refractivity contribution in [1.29, 1.82) is 5.26 Å². The monoisotopic (exact) mass is 250 g/mol. The van der Waals surface area contributed by atoms with E-state index in [1.807, 2.05) is 24.3 Å². The second-order valence-electron chi connectivity index (χ2n) is 4.92. The first-order valence-corrected chi connectivity index (χ1v) is 6.25. The molecule has 17 heavy (non-hydrogen) atoms. The number of anilines is 1. The molecule has 3 heteroatoms. The highest BCUT2D eigenvalue weighted by atomic mass is 35.5. The van der Waals surface area contributed by atoms with Gasteiger partial charge in [-0.3, -0.25) is 0 Å². The van der Waals surface area contributed by atoms with Gasteiger partial charge in [0.25, 0.3) is 0 Å². The largest absolute Gasteiger partial charge is 0.367 e. The summed E-state index contributed by atoms with van der Waals surface area (Å²) in [5.74, 6) is 0.450. The maximum atomic E-state index is 9.49. The van der Waals surface area contributed by atoms with Crippen LogP contribution in [0.5, 0.6) is 0 Å². The number of hydrogen-bond acceptors (Lipinski definition) is 2. The summed E-state index contributed by atoms with van der Waals surface area (Å²) in [6, 6.07) is 9.89. The Morgan fingerprint density at radius 1 is 1.12 bits per heavy atom. The lowest BCUT2D eigenvalue weighted by Crippen LogP contribution is -2.47. The number of halogens is 1. The van der Waals surface area contributed by atoms with E-state index in [1.165, 1.54) is 0 Å². The summed E-state index contributed by atoms with van der Waals surface area (Å²) < 4.78 is 0. The van der Waals surface area contributed by atoms with Crippen molar-refractivity contribution in [3.05, 3.63) is 29.3 Å². The van der Waals surface area contributed by atoms with Crippen molar-refractivity contribution in [3.8, 4) is 6.07 Å². The summed E-state index contributed by atoms with van der Waals surface area (Å²) >= 11 is 5.85. The number of nitrogens with zero attached hydrogens (tertiary/aromatic N) is 1. The Bertz CT molecular complexity index is 393. The first kappa shape index (κ1) is 13.9. The third kappa shape index (κ3) is 2.92. The molecule has 0 atom stereocenters. The van der Waals surface area contributed by atoms with Gasteiger partial charge in [0.2, 0.25) is 0 Å². The quantitative estimate of drug-likeness (QED) is 0.864. The molecule has 0 aliphatic rings. The molecule has 0 unspecified atom stereocenters. The van der Waals surface area contributed by atoms with Gasteiger partial charge in [0.15, 0.2) is 0 Å². The van der Waals surface area contributed by atoms with E-state index in [0.29, 0.717) is 5.02 Å². The minimum atomic E-state index is -0.548. The standard InChI is InChI=1S/C14H19ClN2/c1-10(2)14(9-16,11(3)4)17-13-7-5-12(15)6-8-13/h5-8,10-11,17H,1-4H3. The minimum absolute atomic E-state index is 0.225. The van der Waals surface area contributed by atoms with Gasteiger partial charge in [-0.1, -0.05) is 39.3 Å². The Hall–Kier alpha value is -1.20. The summed E-state index contributed by atoms with van der Waals surface area (Å²) in [7, 11) is 0. The van der Waals surface area contributed by atoms with Crippen LogP contribution in [0.4, 0.5) is 5.69 Å². The molecule has 0 amide bonds. The van der Waals surface area contributed by atoms with Crippen LogP contribution in [0, 0.1) is 23.2 Å². The van der Waals surface area contributed by atoms with Crippen LogP contribution >= 0.6 is 11.6 Å². The van der Waals surface area contributed by atoms with Gasteiger partial charge in [0, 0.05) is 10.7 Å². The Morgan fingerprint density at radius 2 is 1.59 bits per heavy atom. The predicted octanol–water partition coefficient (Wildman–Crippen LogP) is 4.33. The Labute approximate surface area is 109 Å². The zero-order valence-corrected chi connectivity index (χ0v) is 11.5. The average Bonchev–Trinajstić information content (AvgIpc) is 2.27. The second kappa shape index (κ2) is 5.42. The van der Waals surface area contributed by atoms with Crippen LogP contribution in [0.3, 0.4) is 0 Å². The van der Waals surface area contributed by atoms with Crippen molar-refractivity contribution in [2.45, 2.75) is 33.2 Å². The van der Waals surface area contributed by atoms with Crippen LogP contribution in [0.15, 0.2) is 24.3 Å². The Morgan fingerprint density at radius 3 is 1.94 bits per heavy atom. The van der Waals surface area contributed by atoms with Crippen LogP contribution in [-0.2, 0) is 0 Å². The summed E-state index contributed by atoms with van der Waals surface area (Å²) in [6.45, 7) is 8.25. The maximum absolute atomic E-state index is 9.49. The van der Waals surface area contributed by atoms with Crippen molar-refractivity contribution in [1.82, 2.24) is 0 Å². The highest BCUT2D eigenvalue weighted by molar-refractivity contribution is 6.30. The molecule has 0 bridgehead atoms. The van der Waals surface area contributed by atoms with Gasteiger partial charge in [-0.15, -0.1) is 0 Å². The van der Waals surface area contributed by atoms with E-state index in [9.17, 15) is 5.26 Å². The molecule has 2 nitrogen and oxygen atoms in total. The van der Waals surface area contributed by atoms with Crippen LogP contribution in [-0.4, -0.2) is 5.54 Å². The van der Waals surface area contributed by atoms with Gasteiger partial charge in [-0.05, 0) is 36.1 Å². The third-order valence-electron chi connectivity index (χ3n) is 3.20. The van der Waals surface area contributed by atoms with E-state index in [2.05, 4.69) is 39.1 Å². The minimum Gasteiger partial charge on any atom is -0.367 e. The zero-order chi connectivity index (χ0) is 13.1. The van der Waals surface area contributed by atoms with Crippen molar-refractivity contribution < 1.29 is 0 Å². The van der Waals surface area contributed by atoms with E-state index >= 15 is 0 Å². The molecule has 0 saturated carbocycles. The molecule has 0 heterocycles. The Kier molecular flexibility index (Phi) is 4.42.